The average molecular weight is 223 g/mol. The highest BCUT2D eigenvalue weighted by Crippen LogP contribution is 2.34. The van der Waals surface area contributed by atoms with Crippen LogP contribution >= 0.6 is 0 Å². The summed E-state index contributed by atoms with van der Waals surface area (Å²) >= 11 is 0. The Kier molecular flexibility index (Phi) is 2.69. The maximum atomic E-state index is 11.8. The zero-order valence-electron chi connectivity index (χ0n) is 6.99. The van der Waals surface area contributed by atoms with Crippen molar-refractivity contribution in [1.82, 2.24) is 0 Å². The Bertz CT molecular complexity index is 390. The third-order valence-corrected chi connectivity index (χ3v) is 1.37. The first-order chi connectivity index (χ1) is 6.79. The van der Waals surface area contributed by atoms with Gasteiger partial charge in [-0.1, -0.05) is 0 Å². The summed E-state index contributed by atoms with van der Waals surface area (Å²) in [6, 6.07) is 2.13. The fourth-order valence-electron chi connectivity index (χ4n) is 0.860. The molecule has 82 valence electrons. The monoisotopic (exact) mass is 223 g/mol. The van der Waals surface area contributed by atoms with Crippen molar-refractivity contribution in [3.05, 3.63) is 28.3 Å². The molecular weight excluding hydrogens is 219 g/mol. The summed E-state index contributed by atoms with van der Waals surface area (Å²) in [7, 11) is 0. The summed E-state index contributed by atoms with van der Waals surface area (Å²) in [5.41, 5.74) is -0.870. The second-order valence-electron chi connectivity index (χ2n) is 2.46. The average Bonchev–Trinajstić information content (AvgIpc) is 1.99. The number of rotatable bonds is 2. The number of nitro groups is 1. The Balaban J connectivity index is 3.13. The van der Waals surface area contributed by atoms with Crippen LogP contribution in [-0.4, -0.2) is 16.4 Å². The van der Waals surface area contributed by atoms with E-state index in [0.717, 1.165) is 12.1 Å². The van der Waals surface area contributed by atoms with Gasteiger partial charge in [-0.3, -0.25) is 10.1 Å². The van der Waals surface area contributed by atoms with Crippen molar-refractivity contribution < 1.29 is 27.9 Å². The van der Waals surface area contributed by atoms with Crippen LogP contribution in [0.3, 0.4) is 0 Å². The lowest BCUT2D eigenvalue weighted by Crippen LogP contribution is -2.17. The number of aromatic hydroxyl groups is 1. The van der Waals surface area contributed by atoms with Gasteiger partial charge >= 0.3 is 12.0 Å². The number of hydrogen-bond donors (Lipinski definition) is 1. The van der Waals surface area contributed by atoms with Gasteiger partial charge < -0.3 is 9.84 Å². The topological polar surface area (TPSA) is 72.6 Å². The molecule has 0 aromatic heterocycles. The van der Waals surface area contributed by atoms with Crippen LogP contribution in [-0.2, 0) is 0 Å². The fraction of sp³-hybridized carbons (Fsp3) is 0.143. The fourth-order valence-corrected chi connectivity index (χ4v) is 0.860. The smallest absolute Gasteiger partial charge is 0.508 e. The molecule has 1 N–H and O–H groups in total. The van der Waals surface area contributed by atoms with Crippen LogP contribution < -0.4 is 4.74 Å². The van der Waals surface area contributed by atoms with Gasteiger partial charge in [0, 0.05) is 12.1 Å². The Morgan fingerprint density at radius 3 is 2.47 bits per heavy atom. The largest absolute Gasteiger partial charge is 0.573 e. The van der Waals surface area contributed by atoms with Crippen molar-refractivity contribution in [3.63, 3.8) is 0 Å². The van der Waals surface area contributed by atoms with Crippen LogP contribution in [0.4, 0.5) is 18.9 Å². The molecule has 15 heavy (non-hydrogen) atoms. The van der Waals surface area contributed by atoms with Gasteiger partial charge in [0.15, 0.2) is 0 Å². The first-order valence-corrected chi connectivity index (χ1v) is 3.53. The predicted octanol–water partition coefficient (Wildman–Crippen LogP) is 2.20. The molecule has 0 amide bonds. The maximum Gasteiger partial charge on any atom is 0.573 e. The first kappa shape index (κ1) is 11.1. The van der Waals surface area contributed by atoms with Gasteiger partial charge in [-0.05, 0) is 6.07 Å². The van der Waals surface area contributed by atoms with E-state index in [9.17, 15) is 23.3 Å². The van der Waals surface area contributed by atoms with E-state index in [1.165, 1.54) is 0 Å². The van der Waals surface area contributed by atoms with E-state index in [0.29, 0.717) is 6.07 Å². The number of ether oxygens (including phenoxy) is 1. The highest BCUT2D eigenvalue weighted by atomic mass is 19.4. The summed E-state index contributed by atoms with van der Waals surface area (Å²) in [5.74, 6) is -1.60. The third-order valence-electron chi connectivity index (χ3n) is 1.37. The number of nitrogens with zero attached hydrogens (tertiary/aromatic N) is 1. The Morgan fingerprint density at radius 1 is 1.40 bits per heavy atom. The van der Waals surface area contributed by atoms with Crippen LogP contribution in [0.2, 0.25) is 0 Å². The molecule has 0 aliphatic rings. The molecule has 0 atom stereocenters. The van der Waals surface area contributed by atoms with Gasteiger partial charge in [0.05, 0.1) is 4.92 Å². The van der Waals surface area contributed by atoms with Crippen LogP contribution in [0.15, 0.2) is 18.2 Å². The van der Waals surface area contributed by atoms with Gasteiger partial charge in [-0.2, -0.15) is 0 Å². The van der Waals surface area contributed by atoms with E-state index in [4.69, 9.17) is 5.11 Å². The molecule has 0 bridgehead atoms. The molecule has 8 heteroatoms. The van der Waals surface area contributed by atoms with E-state index in [1.807, 2.05) is 0 Å². The molecule has 1 aromatic carbocycles. The predicted molar refractivity (Wildman–Crippen MR) is 41.4 cm³/mol. The maximum absolute atomic E-state index is 11.8. The van der Waals surface area contributed by atoms with E-state index in [1.54, 1.807) is 0 Å². The lowest BCUT2D eigenvalue weighted by atomic mass is 10.3. The Morgan fingerprint density at radius 2 is 2.00 bits per heavy atom. The summed E-state index contributed by atoms with van der Waals surface area (Å²) < 4.78 is 38.7. The van der Waals surface area contributed by atoms with Crippen molar-refractivity contribution in [2.24, 2.45) is 0 Å². The molecule has 0 heterocycles. The second-order valence-corrected chi connectivity index (χ2v) is 2.46. The Labute approximate surface area is 80.9 Å². The second kappa shape index (κ2) is 3.64. The standard InChI is InChI=1S/C7H4F3NO4/c8-7(9,10)15-6-3-4(12)1-2-5(6)11(13)14/h1-3,12H. The molecule has 1 rings (SSSR count). The van der Waals surface area contributed by atoms with Crippen molar-refractivity contribution in [3.8, 4) is 11.5 Å². The van der Waals surface area contributed by atoms with E-state index in [2.05, 4.69) is 4.74 Å². The van der Waals surface area contributed by atoms with Crippen molar-refractivity contribution >= 4 is 5.69 Å². The minimum atomic E-state index is -5.04. The summed E-state index contributed by atoms with van der Waals surface area (Å²) in [6.07, 6.45) is -5.04. The van der Waals surface area contributed by atoms with E-state index >= 15 is 0 Å². The minimum Gasteiger partial charge on any atom is -0.508 e. The van der Waals surface area contributed by atoms with Gasteiger partial charge in [0.2, 0.25) is 5.75 Å². The van der Waals surface area contributed by atoms with Gasteiger partial charge in [0.25, 0.3) is 0 Å². The van der Waals surface area contributed by atoms with E-state index < -0.39 is 28.5 Å². The third kappa shape index (κ3) is 3.01. The van der Waals surface area contributed by atoms with Gasteiger partial charge in [-0.15, -0.1) is 13.2 Å². The summed E-state index contributed by atoms with van der Waals surface area (Å²) in [6.45, 7) is 0. The van der Waals surface area contributed by atoms with Crippen LogP contribution in [0.1, 0.15) is 0 Å². The molecule has 0 saturated heterocycles. The van der Waals surface area contributed by atoms with Crippen LogP contribution in [0.5, 0.6) is 11.5 Å². The molecule has 1 aromatic rings. The SMILES string of the molecule is O=[N+]([O-])c1ccc(O)cc1OC(F)(F)F. The molecule has 0 unspecified atom stereocenters. The van der Waals surface area contributed by atoms with Crippen molar-refractivity contribution in [2.75, 3.05) is 0 Å². The van der Waals surface area contributed by atoms with Gasteiger partial charge in [0.1, 0.15) is 5.75 Å². The normalized spacial score (nSPS) is 11.1. The van der Waals surface area contributed by atoms with Crippen molar-refractivity contribution in [2.45, 2.75) is 6.36 Å². The first-order valence-electron chi connectivity index (χ1n) is 3.53. The quantitative estimate of drug-likeness (QED) is 0.616. The summed E-state index contributed by atoms with van der Waals surface area (Å²) in [4.78, 5) is 9.25. The number of nitro benzene ring substituents is 1. The molecule has 0 saturated carbocycles. The number of alkyl halides is 3. The molecule has 0 aliphatic heterocycles. The number of benzene rings is 1. The van der Waals surface area contributed by atoms with Gasteiger partial charge in [-0.25, -0.2) is 0 Å². The number of hydrogen-bond acceptors (Lipinski definition) is 4. The lowest BCUT2D eigenvalue weighted by molar-refractivity contribution is -0.388. The molecular formula is C7H4F3NO4. The van der Waals surface area contributed by atoms with Crippen LogP contribution in [0.25, 0.3) is 0 Å². The lowest BCUT2D eigenvalue weighted by Gasteiger charge is -2.08. The molecule has 0 spiro atoms. The molecule has 0 aliphatic carbocycles. The number of phenols is 1. The minimum absolute atomic E-state index is 0.519. The highest BCUT2D eigenvalue weighted by molar-refractivity contribution is 5.50. The molecule has 0 radical (unpaired) electrons. The number of halogens is 3. The number of phenolic OH excluding ortho intramolecular Hbond substituents is 1. The van der Waals surface area contributed by atoms with Crippen molar-refractivity contribution in [1.29, 1.82) is 0 Å². The molecule has 5 nitrogen and oxygen atoms in total. The molecule has 0 fully saturated rings. The highest BCUT2D eigenvalue weighted by Gasteiger charge is 2.34. The Hall–Kier alpha value is -1.99. The zero-order chi connectivity index (χ0) is 11.6. The summed E-state index contributed by atoms with van der Waals surface area (Å²) in [5, 5.41) is 19.1. The zero-order valence-corrected chi connectivity index (χ0v) is 6.99. The van der Waals surface area contributed by atoms with E-state index in [-0.39, 0.29) is 0 Å². The van der Waals surface area contributed by atoms with Crippen LogP contribution in [0, 0.1) is 10.1 Å².